The van der Waals surface area contributed by atoms with Crippen LogP contribution in [-0.4, -0.2) is 36.0 Å². The number of rotatable bonds is 9. The summed E-state index contributed by atoms with van der Waals surface area (Å²) in [6.45, 7) is 0. The Morgan fingerprint density at radius 1 is 0.325 bits per heavy atom. The third-order valence-corrected chi connectivity index (χ3v) is 12.2. The molecule has 0 bridgehead atoms. The first kappa shape index (κ1) is 61.3. The van der Waals surface area contributed by atoms with Gasteiger partial charge in [0.15, 0.2) is 11.5 Å². The van der Waals surface area contributed by atoms with Gasteiger partial charge in [-0.25, -0.2) is 0 Å². The zero-order valence-electron chi connectivity index (χ0n) is 38.2. The lowest BCUT2D eigenvalue weighted by Crippen LogP contribution is -2.75. The van der Waals surface area contributed by atoms with Crippen LogP contribution in [0.4, 0.5) is 105 Å². The molecule has 0 aliphatic carbocycles. The molecule has 0 aliphatic heterocycles. The fraction of sp³-hybridized carbons (Fsp3) is 0.224. The summed E-state index contributed by atoms with van der Waals surface area (Å²) in [5.74, 6) is 0.679. The summed E-state index contributed by atoms with van der Waals surface area (Å²) in [4.78, 5) is 24.1. The van der Waals surface area contributed by atoms with Gasteiger partial charge in [-0.05, 0) is 35.2 Å². The van der Waals surface area contributed by atoms with E-state index in [1.807, 2.05) is 30.7 Å². The summed E-state index contributed by atoms with van der Waals surface area (Å²) in [6.07, 6.45) is -50.7. The van der Waals surface area contributed by atoms with Gasteiger partial charge in [-0.15, -0.1) is 0 Å². The Balaban J connectivity index is 0.000000455. The van der Waals surface area contributed by atoms with Gasteiger partial charge in [0.1, 0.15) is 6.15 Å². The lowest BCUT2D eigenvalue weighted by molar-refractivity contribution is -0.144. The third kappa shape index (κ3) is 14.5. The van der Waals surface area contributed by atoms with Crippen LogP contribution in [-0.2, 0) is 60.3 Å². The van der Waals surface area contributed by atoms with Crippen molar-refractivity contribution < 1.29 is 115 Å². The zero-order chi connectivity index (χ0) is 58.4. The lowest BCUT2D eigenvalue weighted by Gasteiger charge is -2.46. The minimum atomic E-state index is -6.13. The summed E-state index contributed by atoms with van der Waals surface area (Å²) in [5, 5.41) is 0. The Labute approximate surface area is 421 Å². The highest BCUT2D eigenvalue weighted by Gasteiger charge is 2.47. The molecule has 0 fully saturated rings. The van der Waals surface area contributed by atoms with Gasteiger partial charge in [0.05, 0.1) is 57.0 Å². The minimum Gasteiger partial charge on any atom is -0.289 e. The number of alkyl halides is 24. The first-order valence-corrected chi connectivity index (χ1v) is 23.2. The molecule has 6 aromatic rings. The van der Waals surface area contributed by atoms with Crippen LogP contribution in [0.15, 0.2) is 127 Å². The Hall–Kier alpha value is -6.61. The molecule has 0 atom stereocenters. The largest absolute Gasteiger partial charge is 0.416 e. The van der Waals surface area contributed by atoms with E-state index >= 15 is 0 Å². The van der Waals surface area contributed by atoms with Crippen LogP contribution in [0.5, 0.6) is 0 Å². The fourth-order valence-corrected chi connectivity index (χ4v) is 8.67. The molecule has 0 heterocycles. The van der Waals surface area contributed by atoms with E-state index in [1.54, 1.807) is 36.4 Å². The number of carbonyl (C=O) groups is 2. The molecular formula is C49H29BF24O2S. The lowest BCUT2D eigenvalue weighted by atomic mass is 9.12. The maximum absolute atomic E-state index is 14.2. The molecule has 6 aromatic carbocycles. The molecule has 2 nitrogen and oxygen atoms in total. The predicted octanol–water partition coefficient (Wildman–Crippen LogP) is 14.2. The topological polar surface area (TPSA) is 34.1 Å². The predicted molar refractivity (Wildman–Crippen MR) is 235 cm³/mol. The van der Waals surface area contributed by atoms with E-state index in [-0.39, 0.29) is 22.5 Å². The summed E-state index contributed by atoms with van der Waals surface area (Å²) in [6, 6.07) is 7.28. The Kier molecular flexibility index (Phi) is 17.0. The van der Waals surface area contributed by atoms with Crippen LogP contribution in [0, 0.1) is 0 Å². The molecule has 0 radical (unpaired) electrons. The first-order chi connectivity index (χ1) is 34.8. The van der Waals surface area contributed by atoms with Gasteiger partial charge in [0.2, 0.25) is 5.78 Å². The van der Waals surface area contributed by atoms with Crippen molar-refractivity contribution >= 4 is 50.5 Å². The number of hydrogen-bond donors (Lipinski definition) is 0. The van der Waals surface area contributed by atoms with Gasteiger partial charge in [0, 0.05) is 16.7 Å². The molecule has 0 N–H and O–H groups in total. The third-order valence-electron chi connectivity index (χ3n) is 11.4. The average Bonchev–Trinajstić information content (AvgIpc) is 3.29. The minimum absolute atomic E-state index is 0.0182. The number of benzene rings is 6. The number of Topliss-reactive ketones (excluding diaryl/α,β-unsaturated/α-hetero) is 1. The van der Waals surface area contributed by atoms with E-state index in [2.05, 4.69) is 0 Å². The van der Waals surface area contributed by atoms with Crippen molar-refractivity contribution in [2.75, 3.05) is 18.3 Å². The molecule has 0 aliphatic rings. The van der Waals surface area contributed by atoms with Gasteiger partial charge in [-0.2, -0.15) is 127 Å². The zero-order valence-corrected chi connectivity index (χ0v) is 39.0. The summed E-state index contributed by atoms with van der Waals surface area (Å²) < 4.78 is 341. The van der Waals surface area contributed by atoms with E-state index in [0.717, 1.165) is 0 Å². The Morgan fingerprint density at radius 2 is 0.532 bits per heavy atom. The van der Waals surface area contributed by atoms with Crippen LogP contribution in [0.3, 0.4) is 0 Å². The molecule has 0 amide bonds. The smallest absolute Gasteiger partial charge is 0.289 e. The molecular weight excluding hydrogens is 1120 g/mol. The summed E-state index contributed by atoms with van der Waals surface area (Å²) in [7, 11) is 0.0935. The average molecular weight is 1150 g/mol. The SMILES string of the molecule is C[S+](C)CC(=O)c1ccc(C(=O)c2ccccc2)cc1.FC(F)(F)c1cc([B-](c2cc(C(F)(F)F)cc(C(F)(F)F)c2)(c2cc(C(F)(F)F)cc(C(F)(F)F)c2)c2cc(C(F)(F)F)cc(C(F)(F)F)c2)cc(C(F)(F)F)c1. The maximum atomic E-state index is 14.2. The van der Waals surface area contributed by atoms with Crippen LogP contribution in [0.1, 0.15) is 70.8 Å². The van der Waals surface area contributed by atoms with Crippen molar-refractivity contribution in [2.45, 2.75) is 49.4 Å². The normalized spacial score (nSPS) is 13.3. The molecule has 28 heteroatoms. The highest BCUT2D eigenvalue weighted by atomic mass is 32.2. The Bertz CT molecular complexity index is 2670. The molecule has 0 unspecified atom stereocenters. The van der Waals surface area contributed by atoms with Crippen molar-refractivity contribution in [2.24, 2.45) is 0 Å². The molecule has 6 rings (SSSR count). The Morgan fingerprint density at radius 3 is 0.740 bits per heavy atom. The quantitative estimate of drug-likeness (QED) is 0.0626. The van der Waals surface area contributed by atoms with Crippen LogP contribution in [0.2, 0.25) is 0 Å². The highest BCUT2D eigenvalue weighted by molar-refractivity contribution is 7.96. The van der Waals surface area contributed by atoms with E-state index < -0.39 is 195 Å². The van der Waals surface area contributed by atoms with Gasteiger partial charge in [-0.3, -0.25) is 9.59 Å². The molecule has 0 saturated heterocycles. The maximum Gasteiger partial charge on any atom is 0.416 e. The number of halogens is 24. The van der Waals surface area contributed by atoms with Crippen LogP contribution < -0.4 is 21.9 Å². The van der Waals surface area contributed by atoms with Gasteiger partial charge in [-0.1, -0.05) is 103 Å². The van der Waals surface area contributed by atoms with Crippen LogP contribution in [0.25, 0.3) is 0 Å². The molecule has 77 heavy (non-hydrogen) atoms. The van der Waals surface area contributed by atoms with Crippen molar-refractivity contribution in [3.05, 3.63) is 189 Å². The van der Waals surface area contributed by atoms with Crippen LogP contribution >= 0.6 is 0 Å². The van der Waals surface area contributed by atoms with E-state index in [1.165, 1.54) is 0 Å². The summed E-state index contributed by atoms with van der Waals surface area (Å²) >= 11 is 0. The fourth-order valence-electron chi connectivity index (χ4n) is 7.98. The monoisotopic (exact) mass is 1150 g/mol. The van der Waals surface area contributed by atoms with Crippen molar-refractivity contribution in [1.82, 2.24) is 0 Å². The van der Waals surface area contributed by atoms with E-state index in [0.29, 0.717) is 22.4 Å². The van der Waals surface area contributed by atoms with Crippen molar-refractivity contribution in [1.29, 1.82) is 0 Å². The standard InChI is InChI=1S/C32H12BF24.C17H17O2S/c34-25(35,36)13-1-14(26(37,38)39)6-21(5-13)33(22-7-15(27(40,41)42)2-16(8-22)28(43,44)45,23-9-17(29(46,47)48)3-18(10-23)30(49,50)51)24-11-19(31(52,53)54)4-20(12-24)32(55,56)57;1-20(2)12-16(18)13-8-10-15(11-9-13)17(19)14-6-4-3-5-7-14/h1-12H;3-11H,12H2,1-2H3/q-1;+1. The molecule has 414 valence electrons. The van der Waals surface area contributed by atoms with E-state index in [4.69, 9.17) is 0 Å². The highest BCUT2D eigenvalue weighted by Crippen LogP contribution is 2.41. The number of hydrogen-bond acceptors (Lipinski definition) is 2. The second-order valence-electron chi connectivity index (χ2n) is 17.0. The molecule has 0 spiro atoms. The van der Waals surface area contributed by atoms with E-state index in [9.17, 15) is 115 Å². The van der Waals surface area contributed by atoms with Gasteiger partial charge < -0.3 is 0 Å². The van der Waals surface area contributed by atoms with Crippen molar-refractivity contribution in [3.63, 3.8) is 0 Å². The molecule has 0 aromatic heterocycles. The van der Waals surface area contributed by atoms with Gasteiger partial charge >= 0.3 is 49.4 Å². The number of ketones is 2. The summed E-state index contributed by atoms with van der Waals surface area (Å²) in [5.41, 5.74) is -28.3. The van der Waals surface area contributed by atoms with Crippen molar-refractivity contribution in [3.8, 4) is 0 Å². The second kappa shape index (κ2) is 21.3. The van der Waals surface area contributed by atoms with Gasteiger partial charge in [0.25, 0.3) is 0 Å². The first-order valence-electron chi connectivity index (χ1n) is 21.0. The second-order valence-corrected chi connectivity index (χ2v) is 19.3. The molecule has 0 saturated carbocycles. The number of carbonyl (C=O) groups excluding carboxylic acids is 2.